The van der Waals surface area contributed by atoms with Crippen LogP contribution < -0.4 is 0 Å². The zero-order valence-corrected chi connectivity index (χ0v) is 11.7. The fourth-order valence-corrected chi connectivity index (χ4v) is 2.44. The molecule has 3 nitrogen and oxygen atoms in total. The van der Waals surface area contributed by atoms with Crippen molar-refractivity contribution in [2.45, 2.75) is 39.0 Å². The average Bonchev–Trinajstić information content (AvgIpc) is 2.31. The van der Waals surface area contributed by atoms with E-state index in [0.29, 0.717) is 12.5 Å². The number of rotatable bonds is 8. The minimum atomic E-state index is 0.350. The lowest BCUT2D eigenvalue weighted by Crippen LogP contribution is -2.44. The summed E-state index contributed by atoms with van der Waals surface area (Å²) >= 11 is 0. The molecule has 1 heterocycles. The standard InChI is InChI=1S/C14H30N2O/c1-14(7-13-17)6-4-3-5-8-16-11-9-15(2)10-12-16/h14,17H,3-13H2,1-2H3. The third kappa shape index (κ3) is 7.02. The Morgan fingerprint density at radius 1 is 1.00 bits per heavy atom. The Bertz CT molecular complexity index is 179. The van der Waals surface area contributed by atoms with Crippen molar-refractivity contribution in [1.29, 1.82) is 0 Å². The van der Waals surface area contributed by atoms with E-state index in [0.717, 1.165) is 6.42 Å². The minimum Gasteiger partial charge on any atom is -0.396 e. The van der Waals surface area contributed by atoms with Gasteiger partial charge in [-0.3, -0.25) is 0 Å². The van der Waals surface area contributed by atoms with Crippen molar-refractivity contribution < 1.29 is 5.11 Å². The first-order chi connectivity index (χ1) is 8.22. The molecule has 17 heavy (non-hydrogen) atoms. The van der Waals surface area contributed by atoms with Gasteiger partial charge in [-0.15, -0.1) is 0 Å². The van der Waals surface area contributed by atoms with Crippen LogP contribution in [0.2, 0.25) is 0 Å². The van der Waals surface area contributed by atoms with Gasteiger partial charge in [-0.2, -0.15) is 0 Å². The highest BCUT2D eigenvalue weighted by Gasteiger charge is 2.12. The highest BCUT2D eigenvalue weighted by atomic mass is 16.3. The Kier molecular flexibility index (Phi) is 7.82. The second-order valence-corrected chi connectivity index (χ2v) is 5.61. The lowest BCUT2D eigenvalue weighted by Gasteiger charge is -2.32. The van der Waals surface area contributed by atoms with Gasteiger partial charge in [0, 0.05) is 32.8 Å². The smallest absolute Gasteiger partial charge is 0.0433 e. The molecule has 0 aromatic heterocycles. The van der Waals surface area contributed by atoms with E-state index >= 15 is 0 Å². The number of nitrogens with zero attached hydrogens (tertiary/aromatic N) is 2. The van der Waals surface area contributed by atoms with E-state index in [2.05, 4.69) is 23.8 Å². The third-order valence-electron chi connectivity index (χ3n) is 3.89. The maximum Gasteiger partial charge on any atom is 0.0433 e. The molecule has 1 aliphatic heterocycles. The summed E-state index contributed by atoms with van der Waals surface area (Å²) in [5.74, 6) is 0.698. The first-order valence-electron chi connectivity index (χ1n) is 7.24. The maximum atomic E-state index is 8.82. The molecule has 0 bridgehead atoms. The zero-order valence-electron chi connectivity index (χ0n) is 11.7. The Balaban J connectivity index is 1.90. The molecule has 1 N–H and O–H groups in total. The molecule has 0 amide bonds. The Hall–Kier alpha value is -0.120. The molecular weight excluding hydrogens is 212 g/mol. The second-order valence-electron chi connectivity index (χ2n) is 5.61. The van der Waals surface area contributed by atoms with E-state index in [1.165, 1.54) is 58.4 Å². The van der Waals surface area contributed by atoms with Crippen LogP contribution in [0, 0.1) is 5.92 Å². The van der Waals surface area contributed by atoms with Gasteiger partial charge in [-0.25, -0.2) is 0 Å². The summed E-state index contributed by atoms with van der Waals surface area (Å²) in [6.45, 7) is 8.83. The van der Waals surface area contributed by atoms with Gasteiger partial charge in [0.25, 0.3) is 0 Å². The summed E-state index contributed by atoms with van der Waals surface area (Å²) in [6, 6.07) is 0. The lowest BCUT2D eigenvalue weighted by atomic mass is 10.0. The zero-order chi connectivity index (χ0) is 12.5. The van der Waals surface area contributed by atoms with Gasteiger partial charge in [0.2, 0.25) is 0 Å². The van der Waals surface area contributed by atoms with Gasteiger partial charge in [0.05, 0.1) is 0 Å². The summed E-state index contributed by atoms with van der Waals surface area (Å²) in [7, 11) is 2.21. The van der Waals surface area contributed by atoms with Gasteiger partial charge >= 0.3 is 0 Å². The molecule has 1 aliphatic rings. The molecule has 1 unspecified atom stereocenters. The summed E-state index contributed by atoms with van der Waals surface area (Å²) in [5.41, 5.74) is 0. The van der Waals surface area contributed by atoms with Crippen LogP contribution in [0.1, 0.15) is 39.0 Å². The molecule has 3 heteroatoms. The van der Waals surface area contributed by atoms with E-state index in [1.54, 1.807) is 0 Å². The van der Waals surface area contributed by atoms with Crippen molar-refractivity contribution in [3.63, 3.8) is 0 Å². The Morgan fingerprint density at radius 3 is 2.35 bits per heavy atom. The van der Waals surface area contributed by atoms with Gasteiger partial charge in [-0.1, -0.05) is 26.2 Å². The van der Waals surface area contributed by atoms with Crippen molar-refractivity contribution in [2.24, 2.45) is 5.92 Å². The van der Waals surface area contributed by atoms with Crippen LogP contribution in [0.15, 0.2) is 0 Å². The summed E-state index contributed by atoms with van der Waals surface area (Å²) in [5, 5.41) is 8.82. The molecule has 1 fully saturated rings. The van der Waals surface area contributed by atoms with E-state index in [-0.39, 0.29) is 0 Å². The van der Waals surface area contributed by atoms with Crippen LogP contribution in [-0.2, 0) is 0 Å². The average molecular weight is 242 g/mol. The monoisotopic (exact) mass is 242 g/mol. The number of aliphatic hydroxyl groups is 1. The fourth-order valence-electron chi connectivity index (χ4n) is 2.44. The van der Waals surface area contributed by atoms with E-state index < -0.39 is 0 Å². The number of hydrogen-bond donors (Lipinski definition) is 1. The fraction of sp³-hybridized carbons (Fsp3) is 1.00. The molecule has 0 aromatic carbocycles. The van der Waals surface area contributed by atoms with Crippen molar-refractivity contribution in [2.75, 3.05) is 46.4 Å². The van der Waals surface area contributed by atoms with Crippen LogP contribution in [0.5, 0.6) is 0 Å². The molecule has 102 valence electrons. The summed E-state index contributed by atoms with van der Waals surface area (Å²) in [4.78, 5) is 5.00. The van der Waals surface area contributed by atoms with Gasteiger partial charge in [0.1, 0.15) is 0 Å². The number of unbranched alkanes of at least 4 members (excludes halogenated alkanes) is 2. The van der Waals surface area contributed by atoms with Crippen molar-refractivity contribution in [1.82, 2.24) is 9.80 Å². The molecule has 1 atom stereocenters. The third-order valence-corrected chi connectivity index (χ3v) is 3.89. The van der Waals surface area contributed by atoms with Crippen LogP contribution in [0.3, 0.4) is 0 Å². The van der Waals surface area contributed by atoms with E-state index in [9.17, 15) is 0 Å². The Morgan fingerprint density at radius 2 is 1.71 bits per heavy atom. The van der Waals surface area contributed by atoms with Crippen molar-refractivity contribution in [3.8, 4) is 0 Å². The second kappa shape index (κ2) is 8.90. The molecule has 0 spiro atoms. The molecule has 1 rings (SSSR count). The van der Waals surface area contributed by atoms with E-state index in [1.807, 2.05) is 0 Å². The van der Waals surface area contributed by atoms with Gasteiger partial charge in [0.15, 0.2) is 0 Å². The molecule has 0 aliphatic carbocycles. The predicted molar refractivity (Wildman–Crippen MR) is 73.3 cm³/mol. The van der Waals surface area contributed by atoms with Crippen LogP contribution in [0.25, 0.3) is 0 Å². The molecule has 1 saturated heterocycles. The molecular formula is C14H30N2O. The maximum absolute atomic E-state index is 8.82. The Labute approximate surface area is 107 Å². The topological polar surface area (TPSA) is 26.7 Å². The number of piperazine rings is 1. The minimum absolute atomic E-state index is 0.350. The number of aliphatic hydroxyl groups excluding tert-OH is 1. The largest absolute Gasteiger partial charge is 0.396 e. The lowest BCUT2D eigenvalue weighted by molar-refractivity contribution is 0.151. The van der Waals surface area contributed by atoms with Crippen molar-refractivity contribution >= 4 is 0 Å². The first-order valence-corrected chi connectivity index (χ1v) is 7.24. The highest BCUT2D eigenvalue weighted by Crippen LogP contribution is 2.12. The normalized spacial score (nSPS) is 20.6. The number of hydrogen-bond acceptors (Lipinski definition) is 3. The van der Waals surface area contributed by atoms with Gasteiger partial charge in [-0.05, 0) is 32.4 Å². The quantitative estimate of drug-likeness (QED) is 0.658. The van der Waals surface area contributed by atoms with Crippen LogP contribution in [-0.4, -0.2) is 61.3 Å². The summed E-state index contributed by atoms with van der Waals surface area (Å²) < 4.78 is 0. The molecule has 0 radical (unpaired) electrons. The van der Waals surface area contributed by atoms with Crippen LogP contribution >= 0.6 is 0 Å². The van der Waals surface area contributed by atoms with Gasteiger partial charge < -0.3 is 14.9 Å². The van der Waals surface area contributed by atoms with Crippen LogP contribution in [0.4, 0.5) is 0 Å². The van der Waals surface area contributed by atoms with E-state index in [4.69, 9.17) is 5.11 Å². The van der Waals surface area contributed by atoms with Crippen molar-refractivity contribution in [3.05, 3.63) is 0 Å². The molecule has 0 saturated carbocycles. The first kappa shape index (κ1) is 14.9. The highest BCUT2D eigenvalue weighted by molar-refractivity contribution is 4.68. The number of likely N-dealkylation sites (N-methyl/N-ethyl adjacent to an activating group) is 1. The summed E-state index contributed by atoms with van der Waals surface area (Å²) in [6.07, 6.45) is 6.27. The predicted octanol–water partition coefficient (Wildman–Crippen LogP) is 1.81. The SMILES string of the molecule is CC(CCO)CCCCCN1CCN(C)CC1. The molecule has 0 aromatic rings.